The minimum absolute atomic E-state index is 0. The molecule has 20 heavy (non-hydrogen) atoms. The minimum Gasteiger partial charge on any atom is -0.315 e. The summed E-state index contributed by atoms with van der Waals surface area (Å²) in [5.41, 5.74) is 2.75. The predicted molar refractivity (Wildman–Crippen MR) is 84.1 cm³/mol. The van der Waals surface area contributed by atoms with Crippen molar-refractivity contribution in [3.8, 4) is 0 Å². The van der Waals surface area contributed by atoms with Crippen LogP contribution in [0.5, 0.6) is 0 Å². The maximum Gasteiger partial charge on any atom is 0.243 e. The number of hydrogen-bond donors (Lipinski definition) is 1. The van der Waals surface area contributed by atoms with Gasteiger partial charge in [-0.2, -0.15) is 4.31 Å². The van der Waals surface area contributed by atoms with Crippen LogP contribution in [0.4, 0.5) is 0 Å². The van der Waals surface area contributed by atoms with Gasteiger partial charge >= 0.3 is 0 Å². The van der Waals surface area contributed by atoms with Gasteiger partial charge in [0, 0.05) is 19.6 Å². The summed E-state index contributed by atoms with van der Waals surface area (Å²) in [5, 5.41) is 3.21. The fourth-order valence-electron chi connectivity index (χ4n) is 2.86. The molecule has 4 nitrogen and oxygen atoms in total. The molecule has 6 heteroatoms. The molecule has 114 valence electrons. The van der Waals surface area contributed by atoms with Crippen LogP contribution in [0.15, 0.2) is 17.0 Å². The Bertz CT molecular complexity index is 558. The molecule has 1 saturated heterocycles. The third kappa shape index (κ3) is 3.17. The molecule has 0 aliphatic carbocycles. The summed E-state index contributed by atoms with van der Waals surface area (Å²) in [6.07, 6.45) is 0.875. The average molecular weight is 319 g/mol. The Morgan fingerprint density at radius 2 is 1.75 bits per heavy atom. The molecular formula is C14H23ClN2O2S. The standard InChI is InChI=1S/C14H22N2O2S.ClH/c1-10-7-11(2)14(12(3)8-10)19(17,18)16(4)13-5-6-15-9-13;/h7-8,13,15H,5-6,9H2,1-4H3;1H. The summed E-state index contributed by atoms with van der Waals surface area (Å²) in [6.45, 7) is 7.35. The summed E-state index contributed by atoms with van der Waals surface area (Å²) in [7, 11) is -1.72. The van der Waals surface area contributed by atoms with Crippen molar-refractivity contribution >= 4 is 22.4 Å². The summed E-state index contributed by atoms with van der Waals surface area (Å²) < 4.78 is 27.1. The number of likely N-dealkylation sites (N-methyl/N-ethyl adjacent to an activating group) is 1. The number of sulfonamides is 1. The first kappa shape index (κ1) is 17.4. The van der Waals surface area contributed by atoms with E-state index in [1.54, 1.807) is 7.05 Å². The van der Waals surface area contributed by atoms with E-state index in [0.717, 1.165) is 36.2 Å². The summed E-state index contributed by atoms with van der Waals surface area (Å²) in [5.74, 6) is 0. The summed E-state index contributed by atoms with van der Waals surface area (Å²) >= 11 is 0. The van der Waals surface area contributed by atoms with Gasteiger partial charge in [-0.05, 0) is 44.9 Å². The van der Waals surface area contributed by atoms with Crippen molar-refractivity contribution in [3.05, 3.63) is 28.8 Å². The molecule has 1 aliphatic rings. The van der Waals surface area contributed by atoms with Crippen LogP contribution in [0, 0.1) is 20.8 Å². The van der Waals surface area contributed by atoms with Crippen molar-refractivity contribution in [2.75, 3.05) is 20.1 Å². The SMILES string of the molecule is Cc1cc(C)c(S(=O)(=O)N(C)C2CCNC2)c(C)c1.Cl. The molecule has 0 radical (unpaired) electrons. The number of aryl methyl sites for hydroxylation is 3. The molecule has 1 aliphatic heterocycles. The first-order chi connectivity index (χ1) is 8.84. The first-order valence-electron chi connectivity index (χ1n) is 6.60. The fraction of sp³-hybridized carbons (Fsp3) is 0.571. The zero-order valence-electron chi connectivity index (χ0n) is 12.4. The van der Waals surface area contributed by atoms with Crippen molar-refractivity contribution in [3.63, 3.8) is 0 Å². The molecule has 1 aromatic carbocycles. The highest BCUT2D eigenvalue weighted by Crippen LogP contribution is 2.26. The van der Waals surface area contributed by atoms with Crippen LogP contribution in [-0.2, 0) is 10.0 Å². The van der Waals surface area contributed by atoms with Crippen LogP contribution in [-0.4, -0.2) is 38.9 Å². The van der Waals surface area contributed by atoms with Crippen LogP contribution in [0.25, 0.3) is 0 Å². The maximum absolute atomic E-state index is 12.8. The van der Waals surface area contributed by atoms with Gasteiger partial charge in [0.05, 0.1) is 4.90 Å². The van der Waals surface area contributed by atoms with E-state index >= 15 is 0 Å². The lowest BCUT2D eigenvalue weighted by molar-refractivity contribution is 0.387. The molecule has 0 saturated carbocycles. The van der Waals surface area contributed by atoms with Gasteiger partial charge in [-0.1, -0.05) is 17.7 Å². The Labute approximate surface area is 128 Å². The Morgan fingerprint density at radius 1 is 1.20 bits per heavy atom. The molecule has 1 heterocycles. The number of hydrogen-bond acceptors (Lipinski definition) is 3. The van der Waals surface area contributed by atoms with Crippen LogP contribution < -0.4 is 5.32 Å². The highest BCUT2D eigenvalue weighted by molar-refractivity contribution is 7.89. The van der Waals surface area contributed by atoms with Gasteiger partial charge in [0.2, 0.25) is 10.0 Å². The Morgan fingerprint density at radius 3 is 2.20 bits per heavy atom. The zero-order valence-corrected chi connectivity index (χ0v) is 14.1. The molecule has 0 bridgehead atoms. The second kappa shape index (κ2) is 6.43. The normalized spacial score (nSPS) is 19.1. The quantitative estimate of drug-likeness (QED) is 0.927. The smallest absolute Gasteiger partial charge is 0.243 e. The molecule has 1 aromatic rings. The third-order valence-corrected chi connectivity index (χ3v) is 6.01. The molecular weight excluding hydrogens is 296 g/mol. The van der Waals surface area contributed by atoms with Gasteiger partial charge in [-0.25, -0.2) is 8.42 Å². The summed E-state index contributed by atoms with van der Waals surface area (Å²) in [6, 6.07) is 3.92. The van der Waals surface area contributed by atoms with Gasteiger partial charge in [0.25, 0.3) is 0 Å². The molecule has 0 aromatic heterocycles. The Kier molecular flexibility index (Phi) is 5.61. The topological polar surface area (TPSA) is 49.4 Å². The van der Waals surface area contributed by atoms with Gasteiger partial charge < -0.3 is 5.32 Å². The molecule has 2 rings (SSSR count). The van der Waals surface area contributed by atoms with Gasteiger partial charge in [-0.3, -0.25) is 0 Å². The Balaban J connectivity index is 0.00000200. The van der Waals surface area contributed by atoms with Crippen molar-refractivity contribution in [1.29, 1.82) is 0 Å². The van der Waals surface area contributed by atoms with Gasteiger partial charge in [0.15, 0.2) is 0 Å². The highest BCUT2D eigenvalue weighted by atomic mass is 35.5. The number of nitrogens with one attached hydrogen (secondary N) is 1. The molecule has 1 fully saturated rings. The maximum atomic E-state index is 12.8. The fourth-order valence-corrected chi connectivity index (χ4v) is 4.66. The number of nitrogens with zero attached hydrogens (tertiary/aromatic N) is 1. The second-order valence-electron chi connectivity index (χ2n) is 5.40. The van der Waals surface area contributed by atoms with Crippen molar-refractivity contribution in [2.45, 2.75) is 38.1 Å². The number of rotatable bonds is 3. The van der Waals surface area contributed by atoms with Crippen molar-refractivity contribution < 1.29 is 8.42 Å². The number of halogens is 1. The molecule has 1 atom stereocenters. The lowest BCUT2D eigenvalue weighted by Crippen LogP contribution is -2.38. The lowest BCUT2D eigenvalue weighted by atomic mass is 10.1. The third-order valence-electron chi connectivity index (χ3n) is 3.79. The van der Waals surface area contributed by atoms with E-state index in [0.29, 0.717) is 4.90 Å². The minimum atomic E-state index is -3.41. The van der Waals surface area contributed by atoms with Crippen LogP contribution in [0.3, 0.4) is 0 Å². The zero-order chi connectivity index (χ0) is 14.2. The molecule has 1 N–H and O–H groups in total. The number of benzene rings is 1. The van der Waals surface area contributed by atoms with E-state index in [9.17, 15) is 8.42 Å². The van der Waals surface area contributed by atoms with Crippen LogP contribution >= 0.6 is 12.4 Å². The second-order valence-corrected chi connectivity index (χ2v) is 7.33. The van der Waals surface area contributed by atoms with E-state index in [2.05, 4.69) is 5.32 Å². The first-order valence-corrected chi connectivity index (χ1v) is 8.04. The van der Waals surface area contributed by atoms with Crippen molar-refractivity contribution in [1.82, 2.24) is 9.62 Å². The predicted octanol–water partition coefficient (Wildman–Crippen LogP) is 2.02. The van der Waals surface area contributed by atoms with E-state index in [4.69, 9.17) is 0 Å². The van der Waals surface area contributed by atoms with Crippen molar-refractivity contribution in [2.24, 2.45) is 0 Å². The van der Waals surface area contributed by atoms with E-state index in [-0.39, 0.29) is 18.4 Å². The summed E-state index contributed by atoms with van der Waals surface area (Å²) in [4.78, 5) is 0.465. The van der Waals surface area contributed by atoms with E-state index in [1.807, 2.05) is 32.9 Å². The highest BCUT2D eigenvalue weighted by Gasteiger charge is 2.31. The van der Waals surface area contributed by atoms with Gasteiger partial charge in [-0.15, -0.1) is 12.4 Å². The average Bonchev–Trinajstić information content (AvgIpc) is 2.78. The van der Waals surface area contributed by atoms with Gasteiger partial charge in [0.1, 0.15) is 0 Å². The largest absolute Gasteiger partial charge is 0.315 e. The molecule has 0 amide bonds. The van der Waals surface area contributed by atoms with Crippen LogP contribution in [0.1, 0.15) is 23.1 Å². The Hall–Kier alpha value is -0.620. The monoisotopic (exact) mass is 318 g/mol. The van der Waals surface area contributed by atoms with E-state index in [1.165, 1.54) is 4.31 Å². The van der Waals surface area contributed by atoms with Crippen LogP contribution in [0.2, 0.25) is 0 Å². The van der Waals surface area contributed by atoms with E-state index < -0.39 is 10.0 Å². The molecule has 0 spiro atoms. The molecule has 1 unspecified atom stereocenters. The lowest BCUT2D eigenvalue weighted by Gasteiger charge is -2.25.